The molecular weight excluding hydrogens is 250 g/mol. The van der Waals surface area contributed by atoms with Crippen LogP contribution in [-0.2, 0) is 6.54 Å². The number of rotatable bonds is 5. The molecule has 0 atom stereocenters. The lowest BCUT2D eigenvalue weighted by Gasteiger charge is -2.23. The first-order valence-corrected chi connectivity index (χ1v) is 6.28. The van der Waals surface area contributed by atoms with E-state index in [0.29, 0.717) is 5.41 Å². The van der Waals surface area contributed by atoms with E-state index in [1.165, 1.54) is 16.5 Å². The van der Waals surface area contributed by atoms with E-state index in [0.717, 1.165) is 13.1 Å². The number of benzene rings is 1. The zero-order chi connectivity index (χ0) is 11.3. The fourth-order valence-electron chi connectivity index (χ4n) is 1.30. The second kappa shape index (κ2) is 5.66. The van der Waals surface area contributed by atoms with E-state index in [9.17, 15) is 0 Å². The monoisotopic (exact) mass is 269 g/mol. The minimum atomic E-state index is 0.390. The Hall–Kier alpha value is -0.340. The zero-order valence-electron chi connectivity index (χ0n) is 9.81. The lowest BCUT2D eigenvalue weighted by molar-refractivity contribution is 0.327. The van der Waals surface area contributed by atoms with Gasteiger partial charge in [-0.05, 0) is 23.5 Å². The van der Waals surface area contributed by atoms with Crippen molar-refractivity contribution in [1.29, 1.82) is 0 Å². The molecule has 0 spiro atoms. The predicted octanol–water partition coefficient (Wildman–Crippen LogP) is 3.97. The Balaban J connectivity index is 2.42. The van der Waals surface area contributed by atoms with Crippen LogP contribution in [0.2, 0.25) is 0 Å². The number of nitrogens with one attached hydrogen (secondary N) is 1. The summed E-state index contributed by atoms with van der Waals surface area (Å²) in [5.74, 6) is 0. The van der Waals surface area contributed by atoms with Crippen molar-refractivity contribution < 1.29 is 0 Å². The summed E-state index contributed by atoms with van der Waals surface area (Å²) in [6.45, 7) is 8.82. The molecule has 0 aliphatic heterocycles. The molecule has 1 aromatic carbocycles. The molecule has 0 radical (unpaired) electrons. The second-order valence-electron chi connectivity index (χ2n) is 4.71. The first-order chi connectivity index (χ1) is 7.05. The highest BCUT2D eigenvalue weighted by atomic mass is 79.9. The lowest BCUT2D eigenvalue weighted by atomic mass is 9.90. The van der Waals surface area contributed by atoms with Gasteiger partial charge in [-0.25, -0.2) is 0 Å². The van der Waals surface area contributed by atoms with Crippen molar-refractivity contribution in [2.75, 3.05) is 6.54 Å². The van der Waals surface area contributed by atoms with Crippen LogP contribution in [0.3, 0.4) is 0 Å². The Bertz CT molecular complexity index is 307. The zero-order valence-corrected chi connectivity index (χ0v) is 11.4. The van der Waals surface area contributed by atoms with Crippen LogP contribution in [0.15, 0.2) is 28.7 Å². The summed E-state index contributed by atoms with van der Waals surface area (Å²) in [4.78, 5) is 0. The molecule has 0 aliphatic carbocycles. The summed E-state index contributed by atoms with van der Waals surface area (Å²) in [5.41, 5.74) is 1.71. The van der Waals surface area contributed by atoms with Crippen LogP contribution in [0.5, 0.6) is 0 Å². The van der Waals surface area contributed by atoms with Crippen LogP contribution in [0.1, 0.15) is 32.8 Å². The van der Waals surface area contributed by atoms with E-state index in [4.69, 9.17) is 0 Å². The van der Waals surface area contributed by atoms with E-state index in [1.807, 2.05) is 6.07 Å². The van der Waals surface area contributed by atoms with E-state index in [1.54, 1.807) is 0 Å². The normalized spacial score (nSPS) is 11.7. The summed E-state index contributed by atoms with van der Waals surface area (Å²) in [6.07, 6.45) is 1.20. The maximum absolute atomic E-state index is 3.55. The minimum Gasteiger partial charge on any atom is -0.312 e. The molecule has 0 saturated carbocycles. The van der Waals surface area contributed by atoms with Gasteiger partial charge in [0.05, 0.1) is 0 Å². The Morgan fingerprint density at radius 3 is 2.53 bits per heavy atom. The maximum Gasteiger partial charge on any atom is 0.0220 e. The Labute approximate surface area is 101 Å². The molecule has 1 rings (SSSR count). The summed E-state index contributed by atoms with van der Waals surface area (Å²) < 4.78 is 1.19. The summed E-state index contributed by atoms with van der Waals surface area (Å²) in [7, 11) is 0. The average Bonchev–Trinajstić information content (AvgIpc) is 2.21. The van der Waals surface area contributed by atoms with Crippen molar-refractivity contribution in [2.24, 2.45) is 5.41 Å². The van der Waals surface area contributed by atoms with Crippen molar-refractivity contribution in [3.05, 3.63) is 34.3 Å². The van der Waals surface area contributed by atoms with Gasteiger partial charge in [-0.1, -0.05) is 54.9 Å². The quantitative estimate of drug-likeness (QED) is 0.853. The third kappa shape index (κ3) is 4.35. The van der Waals surface area contributed by atoms with Crippen LogP contribution in [0.4, 0.5) is 0 Å². The maximum atomic E-state index is 3.55. The molecule has 1 aromatic rings. The van der Waals surface area contributed by atoms with Crippen LogP contribution >= 0.6 is 15.9 Å². The van der Waals surface area contributed by atoms with Crippen LogP contribution in [0, 0.1) is 5.41 Å². The number of halogens is 1. The highest BCUT2D eigenvalue weighted by Crippen LogP contribution is 2.19. The highest BCUT2D eigenvalue weighted by molar-refractivity contribution is 9.10. The number of hydrogen-bond donors (Lipinski definition) is 1. The van der Waals surface area contributed by atoms with Gasteiger partial charge in [0.1, 0.15) is 0 Å². The molecule has 0 heterocycles. The van der Waals surface area contributed by atoms with E-state index in [2.05, 4.69) is 60.2 Å². The van der Waals surface area contributed by atoms with Gasteiger partial charge in [0, 0.05) is 17.6 Å². The van der Waals surface area contributed by atoms with Crippen molar-refractivity contribution in [3.8, 4) is 0 Å². The SMILES string of the molecule is CCC(C)(C)CNCc1ccccc1Br. The van der Waals surface area contributed by atoms with Crippen molar-refractivity contribution in [1.82, 2.24) is 5.32 Å². The molecule has 0 unspecified atom stereocenters. The fourth-order valence-corrected chi connectivity index (χ4v) is 1.73. The van der Waals surface area contributed by atoms with Crippen molar-refractivity contribution in [2.45, 2.75) is 33.7 Å². The summed E-state index contributed by atoms with van der Waals surface area (Å²) in [5, 5.41) is 3.50. The largest absolute Gasteiger partial charge is 0.312 e. The van der Waals surface area contributed by atoms with E-state index < -0.39 is 0 Å². The Morgan fingerprint density at radius 1 is 1.27 bits per heavy atom. The second-order valence-corrected chi connectivity index (χ2v) is 5.57. The van der Waals surface area contributed by atoms with Gasteiger partial charge in [-0.2, -0.15) is 0 Å². The van der Waals surface area contributed by atoms with Gasteiger partial charge in [0.2, 0.25) is 0 Å². The number of hydrogen-bond acceptors (Lipinski definition) is 1. The summed E-state index contributed by atoms with van der Waals surface area (Å²) in [6, 6.07) is 8.36. The molecule has 0 aliphatic rings. The molecule has 0 fully saturated rings. The average molecular weight is 270 g/mol. The molecule has 1 nitrogen and oxygen atoms in total. The molecule has 0 bridgehead atoms. The van der Waals surface area contributed by atoms with Gasteiger partial charge in [-0.3, -0.25) is 0 Å². The molecular formula is C13H20BrN. The molecule has 0 aromatic heterocycles. The van der Waals surface area contributed by atoms with Gasteiger partial charge < -0.3 is 5.32 Å². The van der Waals surface area contributed by atoms with Gasteiger partial charge in [-0.15, -0.1) is 0 Å². The third-order valence-corrected chi connectivity index (χ3v) is 3.61. The topological polar surface area (TPSA) is 12.0 Å². The van der Waals surface area contributed by atoms with E-state index in [-0.39, 0.29) is 0 Å². The lowest BCUT2D eigenvalue weighted by Crippen LogP contribution is -2.28. The fraction of sp³-hybridized carbons (Fsp3) is 0.538. The van der Waals surface area contributed by atoms with E-state index >= 15 is 0 Å². The molecule has 2 heteroatoms. The Morgan fingerprint density at radius 2 is 1.93 bits per heavy atom. The van der Waals surface area contributed by atoms with Gasteiger partial charge in [0.25, 0.3) is 0 Å². The highest BCUT2D eigenvalue weighted by Gasteiger charge is 2.13. The van der Waals surface area contributed by atoms with Crippen LogP contribution in [-0.4, -0.2) is 6.54 Å². The first-order valence-electron chi connectivity index (χ1n) is 5.49. The molecule has 15 heavy (non-hydrogen) atoms. The van der Waals surface area contributed by atoms with Crippen LogP contribution in [0.25, 0.3) is 0 Å². The third-order valence-electron chi connectivity index (χ3n) is 2.83. The first kappa shape index (κ1) is 12.7. The predicted molar refractivity (Wildman–Crippen MR) is 69.9 cm³/mol. The van der Waals surface area contributed by atoms with Crippen molar-refractivity contribution in [3.63, 3.8) is 0 Å². The standard InChI is InChI=1S/C13H20BrN/c1-4-13(2,3)10-15-9-11-7-5-6-8-12(11)14/h5-8,15H,4,9-10H2,1-3H3. The van der Waals surface area contributed by atoms with Crippen LogP contribution < -0.4 is 5.32 Å². The van der Waals surface area contributed by atoms with Gasteiger partial charge >= 0.3 is 0 Å². The van der Waals surface area contributed by atoms with Gasteiger partial charge in [0.15, 0.2) is 0 Å². The molecule has 84 valence electrons. The van der Waals surface area contributed by atoms with Crippen molar-refractivity contribution >= 4 is 15.9 Å². The Kier molecular flexibility index (Phi) is 4.81. The minimum absolute atomic E-state index is 0.390. The molecule has 1 N–H and O–H groups in total. The molecule has 0 amide bonds. The summed E-state index contributed by atoms with van der Waals surface area (Å²) >= 11 is 3.55. The molecule has 0 saturated heterocycles. The smallest absolute Gasteiger partial charge is 0.0220 e.